The van der Waals surface area contributed by atoms with Crippen LogP contribution in [0.25, 0.3) is 0 Å². The predicted molar refractivity (Wildman–Crippen MR) is 187 cm³/mol. The summed E-state index contributed by atoms with van der Waals surface area (Å²) in [5, 5.41) is 30.6. The molecule has 0 aliphatic heterocycles. The maximum atomic E-state index is 12.8. The summed E-state index contributed by atoms with van der Waals surface area (Å²) in [6.07, 6.45) is 37.3. The number of hydrogen-bond acceptors (Lipinski definition) is 5. The molecule has 0 aliphatic rings. The average molecular weight is 621 g/mol. The van der Waals surface area contributed by atoms with Crippen LogP contribution in [-0.4, -0.2) is 45.2 Å². The Labute approximate surface area is 272 Å². The summed E-state index contributed by atoms with van der Waals surface area (Å²) in [4.78, 5) is 25.7. The van der Waals surface area contributed by atoms with Gasteiger partial charge in [0.15, 0.2) is 11.6 Å². The number of rotatable bonds is 34. The van der Waals surface area contributed by atoms with Gasteiger partial charge in [0.25, 0.3) is 0 Å². The van der Waals surface area contributed by atoms with Gasteiger partial charge in [0, 0.05) is 12.8 Å². The largest absolute Gasteiger partial charge is 0.394 e. The molecule has 0 radical (unpaired) electrons. The zero-order valence-electron chi connectivity index (χ0n) is 29.1. The van der Waals surface area contributed by atoms with Gasteiger partial charge < -0.3 is 15.3 Å². The van der Waals surface area contributed by atoms with Gasteiger partial charge in [0.05, 0.1) is 6.61 Å². The van der Waals surface area contributed by atoms with Crippen molar-refractivity contribution in [2.24, 2.45) is 0 Å². The summed E-state index contributed by atoms with van der Waals surface area (Å²) < 4.78 is 0. The van der Waals surface area contributed by atoms with E-state index in [1.54, 1.807) is 0 Å². The maximum absolute atomic E-state index is 12.8. The molecule has 0 amide bonds. The van der Waals surface area contributed by atoms with E-state index in [2.05, 4.69) is 38.2 Å². The Balaban J connectivity index is 4.02. The van der Waals surface area contributed by atoms with E-state index < -0.39 is 29.9 Å². The molecule has 5 heteroatoms. The third-order valence-corrected chi connectivity index (χ3v) is 8.84. The standard InChI is InChI=1S/C39H72O5/c1-3-5-7-9-11-13-15-17-19-21-23-25-27-29-31-33-36(41)39(44,38(43)35-40)37(42)34-32-30-28-26-24-22-20-18-16-14-12-10-8-6-4-2/h17-20,38,40,43-44H,3-16,21-35H2,1-2H3. The lowest BCUT2D eigenvalue weighted by Crippen LogP contribution is -2.57. The van der Waals surface area contributed by atoms with Gasteiger partial charge in [-0.1, -0.05) is 141 Å². The van der Waals surface area contributed by atoms with Gasteiger partial charge in [0.1, 0.15) is 6.10 Å². The molecule has 0 heterocycles. The molecular formula is C39H72O5. The van der Waals surface area contributed by atoms with Crippen molar-refractivity contribution in [1.82, 2.24) is 0 Å². The van der Waals surface area contributed by atoms with Crippen LogP contribution in [-0.2, 0) is 9.59 Å². The summed E-state index contributed by atoms with van der Waals surface area (Å²) in [7, 11) is 0. The molecular weight excluding hydrogens is 548 g/mol. The van der Waals surface area contributed by atoms with E-state index in [-0.39, 0.29) is 12.8 Å². The zero-order chi connectivity index (χ0) is 32.6. The minimum absolute atomic E-state index is 0.0455. The molecule has 258 valence electrons. The lowest BCUT2D eigenvalue weighted by atomic mass is 9.82. The van der Waals surface area contributed by atoms with E-state index in [0.29, 0.717) is 12.8 Å². The fourth-order valence-corrected chi connectivity index (χ4v) is 5.75. The van der Waals surface area contributed by atoms with Crippen LogP contribution in [0.3, 0.4) is 0 Å². The first-order chi connectivity index (χ1) is 21.4. The third-order valence-electron chi connectivity index (χ3n) is 8.84. The lowest BCUT2D eigenvalue weighted by molar-refractivity contribution is -0.166. The van der Waals surface area contributed by atoms with Gasteiger partial charge in [0.2, 0.25) is 5.60 Å². The maximum Gasteiger partial charge on any atom is 0.209 e. The summed E-state index contributed by atoms with van der Waals surface area (Å²) in [6.45, 7) is 3.68. The number of ketones is 2. The Bertz CT molecular complexity index is 661. The van der Waals surface area contributed by atoms with E-state index in [1.165, 1.54) is 89.9 Å². The van der Waals surface area contributed by atoms with Crippen LogP contribution < -0.4 is 0 Å². The summed E-state index contributed by atoms with van der Waals surface area (Å²) in [5.74, 6) is -1.32. The quantitative estimate of drug-likeness (QED) is 0.0378. The first kappa shape index (κ1) is 42.7. The number of hydrogen-bond donors (Lipinski definition) is 3. The summed E-state index contributed by atoms with van der Waals surface area (Å²) in [5.41, 5.74) is -2.49. The summed E-state index contributed by atoms with van der Waals surface area (Å²) >= 11 is 0. The van der Waals surface area contributed by atoms with Gasteiger partial charge >= 0.3 is 0 Å². The molecule has 1 unspecified atom stereocenters. The molecule has 0 aliphatic carbocycles. The van der Waals surface area contributed by atoms with Crippen LogP contribution in [0, 0.1) is 0 Å². The Morgan fingerprint density at radius 2 is 0.773 bits per heavy atom. The highest BCUT2D eigenvalue weighted by molar-refractivity contribution is 6.10. The molecule has 0 fully saturated rings. The number of unbranched alkanes of at least 4 members (excludes halogenated alkanes) is 22. The van der Waals surface area contributed by atoms with Crippen molar-refractivity contribution in [1.29, 1.82) is 0 Å². The second-order valence-electron chi connectivity index (χ2n) is 13.0. The Hall–Kier alpha value is -1.30. The molecule has 0 rings (SSSR count). The molecule has 0 saturated heterocycles. The van der Waals surface area contributed by atoms with Crippen LogP contribution >= 0.6 is 0 Å². The van der Waals surface area contributed by atoms with Crippen molar-refractivity contribution in [3.05, 3.63) is 24.3 Å². The predicted octanol–water partition coefficient (Wildman–Crippen LogP) is 10.3. The van der Waals surface area contributed by atoms with Gasteiger partial charge in [-0.3, -0.25) is 9.59 Å². The van der Waals surface area contributed by atoms with Crippen molar-refractivity contribution in [2.75, 3.05) is 6.61 Å². The van der Waals surface area contributed by atoms with Crippen LogP contribution in [0.2, 0.25) is 0 Å². The van der Waals surface area contributed by atoms with E-state index >= 15 is 0 Å². The molecule has 1 atom stereocenters. The molecule has 0 aromatic carbocycles. The highest BCUT2D eigenvalue weighted by Gasteiger charge is 2.48. The zero-order valence-corrected chi connectivity index (χ0v) is 29.1. The van der Waals surface area contributed by atoms with Crippen molar-refractivity contribution in [3.63, 3.8) is 0 Å². The molecule has 44 heavy (non-hydrogen) atoms. The lowest BCUT2D eigenvalue weighted by Gasteiger charge is -2.29. The van der Waals surface area contributed by atoms with Crippen LogP contribution in [0.1, 0.15) is 194 Å². The monoisotopic (exact) mass is 621 g/mol. The van der Waals surface area contributed by atoms with E-state index in [9.17, 15) is 24.9 Å². The molecule has 0 aromatic heterocycles. The average Bonchev–Trinajstić information content (AvgIpc) is 3.03. The molecule has 0 spiro atoms. The van der Waals surface area contributed by atoms with Crippen LogP contribution in [0.15, 0.2) is 24.3 Å². The van der Waals surface area contributed by atoms with Gasteiger partial charge in [-0.05, 0) is 64.2 Å². The van der Waals surface area contributed by atoms with Crippen molar-refractivity contribution < 1.29 is 24.9 Å². The normalized spacial score (nSPS) is 14.0. The minimum Gasteiger partial charge on any atom is -0.394 e. The SMILES string of the molecule is CCCCCCCCC=CCCCCCCCC(=O)C(O)(C(=O)CCCCCCCC=CCCCCCCCC)C(O)CO. The number of carbonyl (C=O) groups excluding carboxylic acids is 2. The number of allylic oxidation sites excluding steroid dienone is 4. The Morgan fingerprint density at radius 3 is 1.07 bits per heavy atom. The molecule has 5 nitrogen and oxygen atoms in total. The van der Waals surface area contributed by atoms with E-state index in [0.717, 1.165) is 64.2 Å². The molecule has 0 bridgehead atoms. The van der Waals surface area contributed by atoms with Crippen molar-refractivity contribution in [3.8, 4) is 0 Å². The van der Waals surface area contributed by atoms with Gasteiger partial charge in [-0.15, -0.1) is 0 Å². The topological polar surface area (TPSA) is 94.8 Å². The number of aliphatic hydroxyl groups excluding tert-OH is 2. The molecule has 0 saturated carbocycles. The molecule has 0 aromatic rings. The van der Waals surface area contributed by atoms with Crippen LogP contribution in [0.5, 0.6) is 0 Å². The fraction of sp³-hybridized carbons (Fsp3) is 0.846. The van der Waals surface area contributed by atoms with Gasteiger partial charge in [-0.2, -0.15) is 0 Å². The van der Waals surface area contributed by atoms with Gasteiger partial charge in [-0.25, -0.2) is 0 Å². The second kappa shape index (κ2) is 31.7. The number of aliphatic hydroxyl groups is 3. The van der Waals surface area contributed by atoms with Crippen LogP contribution in [0.4, 0.5) is 0 Å². The van der Waals surface area contributed by atoms with Crippen molar-refractivity contribution >= 4 is 11.6 Å². The Morgan fingerprint density at radius 1 is 0.500 bits per heavy atom. The number of Topliss-reactive ketones (excluding diaryl/α,β-unsaturated/α-hetero) is 2. The highest BCUT2D eigenvalue weighted by atomic mass is 16.4. The molecule has 3 N–H and O–H groups in total. The smallest absolute Gasteiger partial charge is 0.209 e. The summed E-state index contributed by atoms with van der Waals surface area (Å²) in [6, 6.07) is 0. The van der Waals surface area contributed by atoms with E-state index in [1.807, 2.05) is 0 Å². The number of carbonyl (C=O) groups is 2. The third kappa shape index (κ3) is 23.1. The fourth-order valence-electron chi connectivity index (χ4n) is 5.75. The first-order valence-corrected chi connectivity index (χ1v) is 18.8. The highest BCUT2D eigenvalue weighted by Crippen LogP contribution is 2.22. The minimum atomic E-state index is -2.49. The second-order valence-corrected chi connectivity index (χ2v) is 13.0. The first-order valence-electron chi connectivity index (χ1n) is 18.8. The Kier molecular flexibility index (Phi) is 30.7. The van der Waals surface area contributed by atoms with Crippen molar-refractivity contribution in [2.45, 2.75) is 205 Å². The van der Waals surface area contributed by atoms with E-state index in [4.69, 9.17) is 0 Å².